The summed E-state index contributed by atoms with van der Waals surface area (Å²) in [5.74, 6) is 1.98. The van der Waals surface area contributed by atoms with Crippen molar-refractivity contribution in [3.8, 4) is 11.5 Å². The van der Waals surface area contributed by atoms with Crippen LogP contribution in [0, 0.1) is 19.8 Å². The SMILES string of the molecule is Cc1noc(C)c1CCC(=O)N1CCC[C@@H](C(=O)c2ccc3c(c2)OCO3)C1. The van der Waals surface area contributed by atoms with E-state index in [1.807, 2.05) is 18.7 Å². The van der Waals surface area contributed by atoms with Gasteiger partial charge in [-0.3, -0.25) is 9.59 Å². The number of rotatable bonds is 5. The molecule has 2 aliphatic rings. The molecule has 2 aliphatic heterocycles. The van der Waals surface area contributed by atoms with Crippen LogP contribution in [0.5, 0.6) is 11.5 Å². The van der Waals surface area contributed by atoms with Gasteiger partial charge >= 0.3 is 0 Å². The maximum atomic E-state index is 12.9. The molecule has 1 aromatic heterocycles. The smallest absolute Gasteiger partial charge is 0.231 e. The van der Waals surface area contributed by atoms with Gasteiger partial charge in [0.15, 0.2) is 17.3 Å². The van der Waals surface area contributed by atoms with E-state index in [4.69, 9.17) is 14.0 Å². The molecule has 1 fully saturated rings. The van der Waals surface area contributed by atoms with E-state index in [2.05, 4.69) is 5.16 Å². The zero-order chi connectivity index (χ0) is 19.7. The van der Waals surface area contributed by atoms with Gasteiger partial charge in [-0.1, -0.05) is 5.16 Å². The molecule has 0 radical (unpaired) electrons. The fraction of sp³-hybridized carbons (Fsp3) is 0.476. The number of ether oxygens (including phenoxy) is 2. The molecule has 148 valence electrons. The number of benzene rings is 1. The first kappa shape index (κ1) is 18.5. The molecule has 1 saturated heterocycles. The summed E-state index contributed by atoms with van der Waals surface area (Å²) < 4.78 is 15.8. The van der Waals surface area contributed by atoms with E-state index >= 15 is 0 Å². The molecule has 0 saturated carbocycles. The molecule has 1 atom stereocenters. The molecular formula is C21H24N2O5. The van der Waals surface area contributed by atoms with Crippen molar-refractivity contribution in [2.24, 2.45) is 5.92 Å². The molecule has 7 nitrogen and oxygen atoms in total. The maximum absolute atomic E-state index is 12.9. The molecule has 3 heterocycles. The van der Waals surface area contributed by atoms with Crippen LogP contribution in [0.3, 0.4) is 0 Å². The van der Waals surface area contributed by atoms with Crippen molar-refractivity contribution in [2.75, 3.05) is 19.9 Å². The number of hydrogen-bond acceptors (Lipinski definition) is 6. The van der Waals surface area contributed by atoms with E-state index < -0.39 is 0 Å². The van der Waals surface area contributed by atoms with Crippen molar-refractivity contribution in [3.63, 3.8) is 0 Å². The molecule has 0 N–H and O–H groups in total. The van der Waals surface area contributed by atoms with Crippen LogP contribution in [0.4, 0.5) is 0 Å². The lowest BCUT2D eigenvalue weighted by atomic mass is 9.89. The average molecular weight is 384 g/mol. The predicted molar refractivity (Wildman–Crippen MR) is 100 cm³/mol. The molecule has 28 heavy (non-hydrogen) atoms. The zero-order valence-corrected chi connectivity index (χ0v) is 16.2. The lowest BCUT2D eigenvalue weighted by molar-refractivity contribution is -0.132. The summed E-state index contributed by atoms with van der Waals surface area (Å²) in [6.45, 7) is 5.10. The second-order valence-electron chi connectivity index (χ2n) is 7.41. The molecule has 1 aromatic carbocycles. The van der Waals surface area contributed by atoms with Gasteiger partial charge in [0.25, 0.3) is 0 Å². The van der Waals surface area contributed by atoms with Gasteiger partial charge in [0.1, 0.15) is 5.76 Å². The average Bonchev–Trinajstić information content (AvgIpc) is 3.31. The van der Waals surface area contributed by atoms with Crippen LogP contribution in [0.25, 0.3) is 0 Å². The van der Waals surface area contributed by atoms with Crippen LogP contribution in [-0.4, -0.2) is 41.6 Å². The summed E-state index contributed by atoms with van der Waals surface area (Å²) in [5.41, 5.74) is 2.44. The number of piperidine rings is 1. The Morgan fingerprint density at radius 3 is 2.82 bits per heavy atom. The maximum Gasteiger partial charge on any atom is 0.231 e. The topological polar surface area (TPSA) is 81.9 Å². The third-order valence-electron chi connectivity index (χ3n) is 5.57. The summed E-state index contributed by atoms with van der Waals surface area (Å²) >= 11 is 0. The van der Waals surface area contributed by atoms with Crippen LogP contribution in [0.2, 0.25) is 0 Å². The third kappa shape index (κ3) is 3.61. The molecule has 4 rings (SSSR count). The Kier molecular flexibility index (Phi) is 5.07. The van der Waals surface area contributed by atoms with Gasteiger partial charge in [-0.05, 0) is 51.3 Å². The zero-order valence-electron chi connectivity index (χ0n) is 16.2. The summed E-state index contributed by atoms with van der Waals surface area (Å²) in [6, 6.07) is 5.28. The van der Waals surface area contributed by atoms with Crippen molar-refractivity contribution < 1.29 is 23.6 Å². The van der Waals surface area contributed by atoms with Gasteiger partial charge in [0.05, 0.1) is 5.69 Å². The monoisotopic (exact) mass is 384 g/mol. The fourth-order valence-corrected chi connectivity index (χ4v) is 3.95. The first-order valence-electron chi connectivity index (χ1n) is 9.66. The first-order chi connectivity index (χ1) is 13.5. The Balaban J connectivity index is 1.38. The fourth-order valence-electron chi connectivity index (χ4n) is 3.95. The van der Waals surface area contributed by atoms with Crippen LogP contribution in [0.15, 0.2) is 22.7 Å². The molecule has 0 bridgehead atoms. The highest BCUT2D eigenvalue weighted by molar-refractivity contribution is 5.99. The predicted octanol–water partition coefficient (Wildman–Crippen LogP) is 3.07. The van der Waals surface area contributed by atoms with Crippen LogP contribution < -0.4 is 9.47 Å². The quantitative estimate of drug-likeness (QED) is 0.737. The largest absolute Gasteiger partial charge is 0.454 e. The number of likely N-dealkylation sites (tertiary alicyclic amines) is 1. The van der Waals surface area contributed by atoms with Crippen LogP contribution in [0.1, 0.15) is 46.6 Å². The molecule has 1 amide bonds. The summed E-state index contributed by atoms with van der Waals surface area (Å²) in [5, 5.41) is 3.94. The van der Waals surface area contributed by atoms with Crippen LogP contribution >= 0.6 is 0 Å². The highest BCUT2D eigenvalue weighted by atomic mass is 16.7. The van der Waals surface area contributed by atoms with Gasteiger partial charge in [-0.15, -0.1) is 0 Å². The van der Waals surface area contributed by atoms with Crippen LogP contribution in [-0.2, 0) is 11.2 Å². The van der Waals surface area contributed by atoms with Crippen molar-refractivity contribution >= 4 is 11.7 Å². The Morgan fingerprint density at radius 2 is 2.04 bits per heavy atom. The summed E-state index contributed by atoms with van der Waals surface area (Å²) in [6.07, 6.45) is 2.63. The van der Waals surface area contributed by atoms with E-state index in [-0.39, 0.29) is 24.4 Å². The molecule has 2 aromatic rings. The number of carbonyl (C=O) groups is 2. The number of ketones is 1. The highest BCUT2D eigenvalue weighted by Gasteiger charge is 2.30. The second-order valence-corrected chi connectivity index (χ2v) is 7.41. The Hall–Kier alpha value is -2.83. The van der Waals surface area contributed by atoms with E-state index in [0.29, 0.717) is 43.0 Å². The van der Waals surface area contributed by atoms with Gasteiger partial charge in [0.2, 0.25) is 12.7 Å². The number of aromatic nitrogens is 1. The van der Waals surface area contributed by atoms with Gasteiger partial charge in [-0.2, -0.15) is 0 Å². The van der Waals surface area contributed by atoms with Crippen molar-refractivity contribution in [1.82, 2.24) is 10.1 Å². The van der Waals surface area contributed by atoms with Crippen molar-refractivity contribution in [1.29, 1.82) is 0 Å². The minimum atomic E-state index is -0.183. The number of hydrogen-bond donors (Lipinski definition) is 0. The number of aryl methyl sites for hydroxylation is 2. The summed E-state index contributed by atoms with van der Waals surface area (Å²) in [4.78, 5) is 27.5. The van der Waals surface area contributed by atoms with E-state index in [9.17, 15) is 9.59 Å². The standard InChI is InChI=1S/C21H24N2O5/c1-13-17(14(2)28-22-13)6-8-20(24)23-9-3-4-16(11-23)21(25)15-5-7-18-19(10-15)27-12-26-18/h5,7,10,16H,3-4,6,8-9,11-12H2,1-2H3/t16-/m1/s1. The number of Topliss-reactive ketones (excluding diaryl/α,β-unsaturated/α-hetero) is 1. The Morgan fingerprint density at radius 1 is 1.21 bits per heavy atom. The van der Waals surface area contributed by atoms with Gasteiger partial charge in [-0.25, -0.2) is 0 Å². The normalized spacial score (nSPS) is 18.4. The number of carbonyl (C=O) groups excluding carboxylic acids is 2. The number of amides is 1. The van der Waals surface area contributed by atoms with E-state index in [0.717, 1.165) is 29.9 Å². The second kappa shape index (κ2) is 7.66. The molecule has 0 spiro atoms. The van der Waals surface area contributed by atoms with Crippen molar-refractivity contribution in [2.45, 2.75) is 39.5 Å². The minimum absolute atomic E-state index is 0.0570. The van der Waals surface area contributed by atoms with Crippen molar-refractivity contribution in [3.05, 3.63) is 40.8 Å². The highest BCUT2D eigenvalue weighted by Crippen LogP contribution is 2.34. The van der Waals surface area contributed by atoms with Gasteiger partial charge in [0, 0.05) is 36.6 Å². The Labute approximate surface area is 163 Å². The third-order valence-corrected chi connectivity index (χ3v) is 5.57. The van der Waals surface area contributed by atoms with E-state index in [1.165, 1.54) is 0 Å². The molecular weight excluding hydrogens is 360 g/mol. The van der Waals surface area contributed by atoms with E-state index in [1.54, 1.807) is 18.2 Å². The summed E-state index contributed by atoms with van der Waals surface area (Å²) in [7, 11) is 0. The lowest BCUT2D eigenvalue weighted by Crippen LogP contribution is -2.42. The number of nitrogens with zero attached hydrogens (tertiary/aromatic N) is 2. The molecule has 7 heteroatoms. The molecule has 0 unspecified atom stereocenters. The Bertz CT molecular complexity index is 885. The van der Waals surface area contributed by atoms with Gasteiger partial charge < -0.3 is 18.9 Å². The molecule has 0 aliphatic carbocycles. The number of fused-ring (bicyclic) bond motifs is 1. The lowest BCUT2D eigenvalue weighted by Gasteiger charge is -2.32. The minimum Gasteiger partial charge on any atom is -0.454 e. The first-order valence-corrected chi connectivity index (χ1v) is 9.66.